The van der Waals surface area contributed by atoms with Crippen molar-refractivity contribution in [2.24, 2.45) is 0 Å². The lowest BCUT2D eigenvalue weighted by Gasteiger charge is -2.26. The van der Waals surface area contributed by atoms with E-state index in [1.165, 1.54) is 0 Å². The van der Waals surface area contributed by atoms with Gasteiger partial charge in [-0.3, -0.25) is 9.69 Å². The number of aliphatic hydroxyl groups excluding tert-OH is 1. The summed E-state index contributed by atoms with van der Waals surface area (Å²) in [6.07, 6.45) is 4.03. The van der Waals surface area contributed by atoms with E-state index in [0.717, 1.165) is 11.3 Å². The molecule has 1 atom stereocenters. The second-order valence-electron chi connectivity index (χ2n) is 5.56. The molecule has 0 aliphatic carbocycles. The van der Waals surface area contributed by atoms with Crippen LogP contribution in [0.25, 0.3) is 6.08 Å². The van der Waals surface area contributed by atoms with Crippen molar-refractivity contribution in [3.05, 3.63) is 72.3 Å². The fourth-order valence-electron chi connectivity index (χ4n) is 2.39. The summed E-state index contributed by atoms with van der Waals surface area (Å²) in [5.74, 6) is -0.0808. The van der Waals surface area contributed by atoms with Crippen LogP contribution in [0.1, 0.15) is 12.5 Å². The number of rotatable bonds is 8. The fourth-order valence-corrected chi connectivity index (χ4v) is 2.39. The summed E-state index contributed by atoms with van der Waals surface area (Å²) in [6, 6.07) is 19.1. The summed E-state index contributed by atoms with van der Waals surface area (Å²) in [7, 11) is 0. The van der Waals surface area contributed by atoms with Crippen molar-refractivity contribution < 1.29 is 9.90 Å². The molecule has 2 rings (SSSR count). The standard InChI is InChI=1S/C20H24N2O2/c1-17(20(24)21-19-12-6-3-7-13-19)22(15-16-23)14-8-11-18-9-4-2-5-10-18/h2-13,17,23H,14-16H2,1H3,(H,21,24). The summed E-state index contributed by atoms with van der Waals surface area (Å²) >= 11 is 0. The zero-order valence-corrected chi connectivity index (χ0v) is 13.9. The minimum absolute atomic E-state index is 0.0160. The molecule has 0 aliphatic heterocycles. The van der Waals surface area contributed by atoms with E-state index in [2.05, 4.69) is 5.32 Å². The van der Waals surface area contributed by atoms with E-state index < -0.39 is 0 Å². The number of hydrogen-bond acceptors (Lipinski definition) is 3. The SMILES string of the molecule is CC(C(=O)Nc1ccccc1)N(CC=Cc1ccccc1)CCO. The van der Waals surface area contributed by atoms with E-state index >= 15 is 0 Å². The Labute approximate surface area is 143 Å². The van der Waals surface area contributed by atoms with Gasteiger partial charge in [-0.2, -0.15) is 0 Å². The Morgan fingerprint density at radius 3 is 2.38 bits per heavy atom. The third kappa shape index (κ3) is 5.65. The molecular weight excluding hydrogens is 300 g/mol. The molecule has 0 saturated heterocycles. The number of benzene rings is 2. The maximum absolute atomic E-state index is 12.4. The number of hydrogen-bond donors (Lipinski definition) is 2. The molecular formula is C20H24N2O2. The molecule has 1 unspecified atom stereocenters. The molecule has 2 aromatic carbocycles. The lowest BCUT2D eigenvalue weighted by Crippen LogP contribution is -2.43. The Bertz CT molecular complexity index is 641. The molecule has 1 amide bonds. The molecule has 0 bridgehead atoms. The van der Waals surface area contributed by atoms with Gasteiger partial charge in [0, 0.05) is 18.8 Å². The normalized spacial score (nSPS) is 12.5. The predicted molar refractivity (Wildman–Crippen MR) is 98.7 cm³/mol. The van der Waals surface area contributed by atoms with Crippen molar-refractivity contribution in [1.82, 2.24) is 4.90 Å². The highest BCUT2D eigenvalue weighted by Crippen LogP contribution is 2.09. The van der Waals surface area contributed by atoms with Gasteiger partial charge in [0.05, 0.1) is 12.6 Å². The summed E-state index contributed by atoms with van der Waals surface area (Å²) in [5, 5.41) is 12.2. The van der Waals surface area contributed by atoms with Crippen molar-refractivity contribution in [1.29, 1.82) is 0 Å². The second-order valence-corrected chi connectivity index (χ2v) is 5.56. The van der Waals surface area contributed by atoms with Crippen molar-refractivity contribution in [3.8, 4) is 0 Å². The monoisotopic (exact) mass is 324 g/mol. The molecule has 0 radical (unpaired) electrons. The van der Waals surface area contributed by atoms with Crippen LogP contribution in [0, 0.1) is 0 Å². The van der Waals surface area contributed by atoms with Crippen molar-refractivity contribution in [2.45, 2.75) is 13.0 Å². The van der Waals surface area contributed by atoms with Crippen LogP contribution in [0.5, 0.6) is 0 Å². The van der Waals surface area contributed by atoms with Gasteiger partial charge in [0.15, 0.2) is 0 Å². The number of carbonyl (C=O) groups is 1. The third-order valence-electron chi connectivity index (χ3n) is 3.81. The smallest absolute Gasteiger partial charge is 0.241 e. The van der Waals surface area contributed by atoms with E-state index in [4.69, 9.17) is 0 Å². The molecule has 0 saturated carbocycles. The Kier molecular flexibility index (Phi) is 7.21. The zero-order valence-electron chi connectivity index (χ0n) is 13.9. The first kappa shape index (κ1) is 17.9. The average molecular weight is 324 g/mol. The highest BCUT2D eigenvalue weighted by molar-refractivity contribution is 5.94. The Balaban J connectivity index is 1.95. The van der Waals surface area contributed by atoms with E-state index in [1.54, 1.807) is 0 Å². The first-order valence-corrected chi connectivity index (χ1v) is 8.13. The van der Waals surface area contributed by atoms with Crippen LogP contribution in [-0.4, -0.2) is 41.7 Å². The van der Waals surface area contributed by atoms with Gasteiger partial charge in [-0.1, -0.05) is 60.7 Å². The Morgan fingerprint density at radius 2 is 1.75 bits per heavy atom. The highest BCUT2D eigenvalue weighted by Gasteiger charge is 2.19. The first-order chi connectivity index (χ1) is 11.7. The lowest BCUT2D eigenvalue weighted by atomic mass is 10.2. The van der Waals surface area contributed by atoms with E-state index in [-0.39, 0.29) is 18.6 Å². The van der Waals surface area contributed by atoms with E-state index in [1.807, 2.05) is 84.6 Å². The molecule has 4 heteroatoms. The maximum atomic E-state index is 12.4. The fraction of sp³-hybridized carbons (Fsp3) is 0.250. The van der Waals surface area contributed by atoms with Crippen LogP contribution in [0.15, 0.2) is 66.7 Å². The second kappa shape index (κ2) is 9.65. The molecule has 24 heavy (non-hydrogen) atoms. The highest BCUT2D eigenvalue weighted by atomic mass is 16.3. The van der Waals surface area contributed by atoms with Crippen molar-refractivity contribution >= 4 is 17.7 Å². The molecule has 126 valence electrons. The minimum atomic E-state index is -0.335. The number of nitrogens with zero attached hydrogens (tertiary/aromatic N) is 1. The summed E-state index contributed by atoms with van der Waals surface area (Å²) in [4.78, 5) is 14.3. The van der Waals surface area contributed by atoms with Crippen LogP contribution in [0.2, 0.25) is 0 Å². The first-order valence-electron chi connectivity index (χ1n) is 8.13. The van der Waals surface area contributed by atoms with Gasteiger partial charge in [0.2, 0.25) is 5.91 Å². The minimum Gasteiger partial charge on any atom is -0.395 e. The topological polar surface area (TPSA) is 52.6 Å². The number of anilines is 1. The molecule has 0 heterocycles. The number of para-hydroxylation sites is 1. The van der Waals surface area contributed by atoms with Gasteiger partial charge in [-0.15, -0.1) is 0 Å². The van der Waals surface area contributed by atoms with Crippen LogP contribution < -0.4 is 5.32 Å². The van der Waals surface area contributed by atoms with Crippen molar-refractivity contribution in [2.75, 3.05) is 25.0 Å². The molecule has 0 spiro atoms. The van der Waals surface area contributed by atoms with Gasteiger partial charge < -0.3 is 10.4 Å². The van der Waals surface area contributed by atoms with Gasteiger partial charge in [-0.25, -0.2) is 0 Å². The zero-order chi connectivity index (χ0) is 17.2. The number of nitrogens with one attached hydrogen (secondary N) is 1. The predicted octanol–water partition coefficient (Wildman–Crippen LogP) is 3.02. The molecule has 2 N–H and O–H groups in total. The molecule has 0 aliphatic rings. The van der Waals surface area contributed by atoms with E-state index in [0.29, 0.717) is 13.1 Å². The van der Waals surface area contributed by atoms with Crippen LogP contribution in [0.3, 0.4) is 0 Å². The quantitative estimate of drug-likeness (QED) is 0.785. The summed E-state index contributed by atoms with van der Waals surface area (Å²) in [5.41, 5.74) is 1.89. The Morgan fingerprint density at radius 1 is 1.12 bits per heavy atom. The molecule has 0 aromatic heterocycles. The molecule has 0 fully saturated rings. The van der Waals surface area contributed by atoms with E-state index in [9.17, 15) is 9.90 Å². The van der Waals surface area contributed by atoms with Crippen molar-refractivity contribution in [3.63, 3.8) is 0 Å². The Hall–Kier alpha value is -2.43. The number of aliphatic hydroxyl groups is 1. The van der Waals surface area contributed by atoms with Gasteiger partial charge in [0.1, 0.15) is 0 Å². The van der Waals surface area contributed by atoms with Crippen LogP contribution in [-0.2, 0) is 4.79 Å². The van der Waals surface area contributed by atoms with Crippen LogP contribution in [0.4, 0.5) is 5.69 Å². The molecule has 2 aromatic rings. The van der Waals surface area contributed by atoms with Gasteiger partial charge >= 0.3 is 0 Å². The summed E-state index contributed by atoms with van der Waals surface area (Å²) in [6.45, 7) is 2.91. The molecule has 4 nitrogen and oxygen atoms in total. The lowest BCUT2D eigenvalue weighted by molar-refractivity contribution is -0.120. The van der Waals surface area contributed by atoms with Gasteiger partial charge in [-0.05, 0) is 24.6 Å². The van der Waals surface area contributed by atoms with Crippen LogP contribution >= 0.6 is 0 Å². The number of amides is 1. The maximum Gasteiger partial charge on any atom is 0.241 e. The largest absolute Gasteiger partial charge is 0.395 e. The number of carbonyl (C=O) groups excluding carboxylic acids is 1. The summed E-state index contributed by atoms with van der Waals surface area (Å²) < 4.78 is 0. The third-order valence-corrected chi connectivity index (χ3v) is 3.81. The average Bonchev–Trinajstić information content (AvgIpc) is 2.62. The van der Waals surface area contributed by atoms with Gasteiger partial charge in [0.25, 0.3) is 0 Å².